The summed E-state index contributed by atoms with van der Waals surface area (Å²) in [6, 6.07) is 6.90. The lowest BCUT2D eigenvalue weighted by Gasteiger charge is -2.14. The number of carbonyl (C=O) groups excluding carboxylic acids is 1. The second kappa shape index (κ2) is 7.99. The molecule has 8 nitrogen and oxygen atoms in total. The fraction of sp³-hybridized carbons (Fsp3) is 0.250. The summed E-state index contributed by atoms with van der Waals surface area (Å²) in [5.41, 5.74) is 1.59. The van der Waals surface area contributed by atoms with E-state index in [2.05, 4.69) is 10.3 Å². The minimum Gasteiger partial charge on any atom is -0.497 e. The first-order chi connectivity index (χ1) is 13.6. The van der Waals surface area contributed by atoms with Gasteiger partial charge in [0.15, 0.2) is 11.5 Å². The van der Waals surface area contributed by atoms with Gasteiger partial charge in [-0.25, -0.2) is 0 Å². The van der Waals surface area contributed by atoms with Crippen LogP contribution in [-0.2, 0) is 0 Å². The molecule has 0 fully saturated rings. The summed E-state index contributed by atoms with van der Waals surface area (Å²) in [5, 5.41) is 3.45. The molecule has 0 saturated heterocycles. The van der Waals surface area contributed by atoms with Crippen molar-refractivity contribution in [3.8, 4) is 28.7 Å². The van der Waals surface area contributed by atoms with Crippen molar-refractivity contribution in [2.75, 3.05) is 40.9 Å². The van der Waals surface area contributed by atoms with Crippen LogP contribution in [0.25, 0.3) is 10.9 Å². The van der Waals surface area contributed by atoms with Crippen LogP contribution in [0.2, 0.25) is 0 Å². The van der Waals surface area contributed by atoms with E-state index >= 15 is 0 Å². The monoisotopic (exact) mass is 386 g/mol. The van der Waals surface area contributed by atoms with Gasteiger partial charge < -0.3 is 34.0 Å². The first kappa shape index (κ1) is 19.2. The largest absolute Gasteiger partial charge is 0.497 e. The molecule has 0 unspecified atom stereocenters. The Morgan fingerprint density at radius 1 is 0.857 bits per heavy atom. The zero-order chi connectivity index (χ0) is 20.3. The Labute approximate surface area is 162 Å². The van der Waals surface area contributed by atoms with Crippen LogP contribution in [0.3, 0.4) is 0 Å². The van der Waals surface area contributed by atoms with Crippen LogP contribution < -0.4 is 29.0 Å². The molecule has 3 rings (SSSR count). The van der Waals surface area contributed by atoms with Gasteiger partial charge in [-0.3, -0.25) is 4.79 Å². The number of hydrogen-bond donors (Lipinski definition) is 2. The maximum Gasteiger partial charge on any atom is 0.258 e. The molecule has 2 aromatic carbocycles. The highest BCUT2D eigenvalue weighted by molar-refractivity contribution is 6.15. The number of aromatic amines is 1. The van der Waals surface area contributed by atoms with Crippen molar-refractivity contribution in [1.82, 2.24) is 4.98 Å². The summed E-state index contributed by atoms with van der Waals surface area (Å²) >= 11 is 0. The third kappa shape index (κ3) is 3.24. The van der Waals surface area contributed by atoms with E-state index in [4.69, 9.17) is 23.7 Å². The first-order valence-corrected chi connectivity index (χ1v) is 8.41. The predicted molar refractivity (Wildman–Crippen MR) is 105 cm³/mol. The first-order valence-electron chi connectivity index (χ1n) is 8.41. The highest BCUT2D eigenvalue weighted by atomic mass is 16.5. The Morgan fingerprint density at radius 2 is 1.57 bits per heavy atom. The van der Waals surface area contributed by atoms with Crippen molar-refractivity contribution < 1.29 is 28.5 Å². The topological polar surface area (TPSA) is 91.0 Å². The van der Waals surface area contributed by atoms with E-state index in [0.29, 0.717) is 50.9 Å². The number of benzene rings is 2. The Morgan fingerprint density at radius 3 is 2.18 bits per heavy atom. The molecular formula is C20H22N2O6. The van der Waals surface area contributed by atoms with Crippen LogP contribution in [0.1, 0.15) is 10.4 Å². The average Bonchev–Trinajstić information content (AvgIpc) is 3.16. The zero-order valence-electron chi connectivity index (χ0n) is 16.3. The molecule has 0 radical (unpaired) electrons. The summed E-state index contributed by atoms with van der Waals surface area (Å²) in [6.45, 7) is 0. The van der Waals surface area contributed by atoms with Crippen molar-refractivity contribution in [1.29, 1.82) is 0 Å². The van der Waals surface area contributed by atoms with Gasteiger partial charge in [-0.15, -0.1) is 0 Å². The van der Waals surface area contributed by atoms with Crippen LogP contribution in [0.4, 0.5) is 5.69 Å². The van der Waals surface area contributed by atoms with Crippen LogP contribution in [0, 0.1) is 0 Å². The van der Waals surface area contributed by atoms with Crippen molar-refractivity contribution in [2.24, 2.45) is 0 Å². The third-order valence-corrected chi connectivity index (χ3v) is 4.37. The highest BCUT2D eigenvalue weighted by Crippen LogP contribution is 2.44. The summed E-state index contributed by atoms with van der Waals surface area (Å²) in [7, 11) is 7.65. The number of methoxy groups -OCH3 is 5. The molecule has 148 valence electrons. The van der Waals surface area contributed by atoms with Crippen molar-refractivity contribution in [2.45, 2.75) is 0 Å². The molecule has 0 aliphatic rings. The van der Waals surface area contributed by atoms with E-state index < -0.39 is 0 Å². The molecule has 8 heteroatoms. The van der Waals surface area contributed by atoms with E-state index in [1.165, 1.54) is 28.4 Å². The van der Waals surface area contributed by atoms with Crippen LogP contribution in [-0.4, -0.2) is 46.4 Å². The van der Waals surface area contributed by atoms with Gasteiger partial charge in [-0.05, 0) is 12.1 Å². The van der Waals surface area contributed by atoms with Gasteiger partial charge in [0.2, 0.25) is 5.75 Å². The molecule has 0 bridgehead atoms. The SMILES string of the molecule is COc1ccc(NC(=O)c2c[nH]c3cc(OC)c(OC)c(OC)c23)c(OC)c1. The fourth-order valence-corrected chi connectivity index (χ4v) is 3.03. The minimum absolute atomic E-state index is 0.333. The van der Waals surface area contributed by atoms with Gasteiger partial charge in [0.25, 0.3) is 5.91 Å². The molecule has 0 saturated carbocycles. The van der Waals surface area contributed by atoms with Crippen LogP contribution >= 0.6 is 0 Å². The second-order valence-corrected chi connectivity index (χ2v) is 5.79. The molecule has 0 aliphatic carbocycles. The maximum atomic E-state index is 13.0. The van der Waals surface area contributed by atoms with E-state index in [1.807, 2.05) is 0 Å². The number of carbonyl (C=O) groups is 1. The number of H-pyrrole nitrogens is 1. The van der Waals surface area contributed by atoms with Crippen molar-refractivity contribution in [3.05, 3.63) is 36.0 Å². The lowest BCUT2D eigenvalue weighted by molar-refractivity contribution is 0.102. The average molecular weight is 386 g/mol. The Kier molecular flexibility index (Phi) is 5.49. The fourth-order valence-electron chi connectivity index (χ4n) is 3.03. The molecule has 0 aliphatic heterocycles. The van der Waals surface area contributed by atoms with E-state index in [9.17, 15) is 4.79 Å². The number of rotatable bonds is 7. The molecule has 1 heterocycles. The lowest BCUT2D eigenvalue weighted by atomic mass is 10.1. The lowest BCUT2D eigenvalue weighted by Crippen LogP contribution is -2.12. The molecule has 1 aromatic heterocycles. The van der Waals surface area contributed by atoms with Crippen molar-refractivity contribution in [3.63, 3.8) is 0 Å². The number of hydrogen-bond acceptors (Lipinski definition) is 6. The number of ether oxygens (including phenoxy) is 5. The van der Waals surface area contributed by atoms with Gasteiger partial charge in [0.1, 0.15) is 11.5 Å². The van der Waals surface area contributed by atoms with Gasteiger partial charge in [-0.2, -0.15) is 0 Å². The van der Waals surface area contributed by atoms with E-state index in [1.54, 1.807) is 37.6 Å². The van der Waals surface area contributed by atoms with E-state index in [0.717, 1.165) is 0 Å². The zero-order valence-corrected chi connectivity index (χ0v) is 16.3. The van der Waals surface area contributed by atoms with Gasteiger partial charge in [0, 0.05) is 18.3 Å². The summed E-state index contributed by atoms with van der Waals surface area (Å²) in [6.07, 6.45) is 1.61. The molecular weight excluding hydrogens is 364 g/mol. The van der Waals surface area contributed by atoms with E-state index in [-0.39, 0.29) is 5.91 Å². The Hall–Kier alpha value is -3.55. The van der Waals surface area contributed by atoms with Gasteiger partial charge in [0.05, 0.1) is 57.7 Å². The number of anilines is 1. The predicted octanol–water partition coefficient (Wildman–Crippen LogP) is 3.46. The molecule has 3 aromatic rings. The number of fused-ring (bicyclic) bond motifs is 1. The molecule has 2 N–H and O–H groups in total. The third-order valence-electron chi connectivity index (χ3n) is 4.37. The smallest absolute Gasteiger partial charge is 0.258 e. The van der Waals surface area contributed by atoms with Gasteiger partial charge in [-0.1, -0.05) is 0 Å². The van der Waals surface area contributed by atoms with Crippen LogP contribution in [0.15, 0.2) is 30.5 Å². The Bertz CT molecular complexity index is 1010. The Balaban J connectivity index is 2.06. The van der Waals surface area contributed by atoms with Crippen molar-refractivity contribution >= 4 is 22.5 Å². The minimum atomic E-state index is -0.333. The van der Waals surface area contributed by atoms with Crippen LogP contribution in [0.5, 0.6) is 28.7 Å². The molecule has 0 spiro atoms. The molecule has 0 atom stereocenters. The second-order valence-electron chi connectivity index (χ2n) is 5.79. The summed E-state index contributed by atoms with van der Waals surface area (Å²) < 4.78 is 26.8. The summed E-state index contributed by atoms with van der Waals surface area (Å²) in [4.78, 5) is 16.1. The maximum absolute atomic E-state index is 13.0. The van der Waals surface area contributed by atoms with Gasteiger partial charge >= 0.3 is 0 Å². The quantitative estimate of drug-likeness (QED) is 0.646. The molecule has 1 amide bonds. The highest BCUT2D eigenvalue weighted by Gasteiger charge is 2.23. The summed E-state index contributed by atoms with van der Waals surface area (Å²) in [5.74, 6) is 2.09. The number of amides is 1. The molecule has 28 heavy (non-hydrogen) atoms. The normalized spacial score (nSPS) is 10.5. The number of aromatic nitrogens is 1. The standard InChI is InChI=1S/C20H22N2O6/c1-24-11-6-7-13(15(8-11)25-2)22-20(23)12-10-21-14-9-16(26-3)18(27-4)19(28-5)17(12)14/h6-10,21H,1-5H3,(H,22,23). The number of nitrogens with one attached hydrogen (secondary N) is 2.